The quantitative estimate of drug-likeness (QED) is 0.0561. The topological polar surface area (TPSA) is 313 Å². The molecule has 13 N–H and O–H groups in total. The summed E-state index contributed by atoms with van der Waals surface area (Å²) in [5.41, 5.74) is 13.6. The number of phenolic OH excluding ortho intramolecular Hbond substituents is 1. The molecule has 4 aromatic carbocycles. The van der Waals surface area contributed by atoms with E-state index >= 15 is 0 Å². The van der Waals surface area contributed by atoms with Crippen molar-refractivity contribution in [1.29, 1.82) is 0 Å². The van der Waals surface area contributed by atoms with Crippen molar-refractivity contribution in [2.24, 2.45) is 17.4 Å². The molecule has 386 valence electrons. The zero-order chi connectivity index (χ0) is 52.3. The number of fused-ring (bicyclic) bond motifs is 1. The number of carboxylic acids is 1. The summed E-state index contributed by atoms with van der Waals surface area (Å²) in [6, 6.07) is 17.4. The van der Waals surface area contributed by atoms with Crippen molar-refractivity contribution in [2.45, 2.75) is 108 Å². The van der Waals surface area contributed by atoms with Crippen LogP contribution in [0.15, 0.2) is 97.1 Å². The summed E-state index contributed by atoms with van der Waals surface area (Å²) in [4.78, 5) is 112. The molecule has 0 aliphatic carbocycles. The maximum absolute atomic E-state index is 14.8. The lowest BCUT2D eigenvalue weighted by Crippen LogP contribution is -2.61. The van der Waals surface area contributed by atoms with Gasteiger partial charge >= 0.3 is 5.97 Å². The number of phenols is 1. The molecule has 1 heterocycles. The molecule has 7 amide bonds. The fourth-order valence-electron chi connectivity index (χ4n) is 7.83. The molecule has 0 radical (unpaired) electrons. The number of hydrogen-bond donors (Lipinski definition) is 11. The maximum atomic E-state index is 14.8. The van der Waals surface area contributed by atoms with E-state index in [1.807, 2.05) is 42.5 Å². The Bertz CT molecular complexity index is 2510. The summed E-state index contributed by atoms with van der Waals surface area (Å²) in [5.74, 6) is -7.66. The smallest absolute Gasteiger partial charge is 0.326 e. The van der Waals surface area contributed by atoms with Crippen LogP contribution >= 0.6 is 21.6 Å². The fraction of sp³-hybridized carbons (Fsp3) is 0.412. The Balaban J connectivity index is 1.62. The van der Waals surface area contributed by atoms with E-state index in [9.17, 15) is 48.6 Å². The van der Waals surface area contributed by atoms with Gasteiger partial charge < -0.3 is 58.9 Å². The van der Waals surface area contributed by atoms with Gasteiger partial charge in [0, 0.05) is 30.8 Å². The minimum atomic E-state index is -1.42. The van der Waals surface area contributed by atoms with E-state index in [4.69, 9.17) is 11.5 Å². The number of amides is 7. The number of unbranched alkanes of at least 4 members (excludes halogenated alkanes) is 1. The zero-order valence-corrected chi connectivity index (χ0v) is 42.1. The SMILES string of the molecule is CC(C)[C@H](NC(=O)[C@@H]1CSSC[C@H](NC(=O)[C@H](C)N)C(=O)N[C@@H](Cc2ccccc2)C(=O)N[C@H](Cc2cccc3ccccc23)C(=O)N[C@@H](CCCCN)C(=O)N[C@@H](Cc2ccc(O)cc2)C(=O)N1)C(=O)O. The van der Waals surface area contributed by atoms with Crippen LogP contribution in [-0.4, -0.2) is 124 Å². The Morgan fingerprint density at radius 1 is 0.653 bits per heavy atom. The number of nitrogens with two attached hydrogens (primary N) is 2. The molecular weight excluding hydrogens is 963 g/mol. The van der Waals surface area contributed by atoms with Crippen molar-refractivity contribution in [3.63, 3.8) is 0 Å². The fourth-order valence-corrected chi connectivity index (χ4v) is 10.2. The van der Waals surface area contributed by atoms with E-state index in [0.29, 0.717) is 29.5 Å². The van der Waals surface area contributed by atoms with E-state index in [1.54, 1.807) is 56.3 Å². The molecule has 4 aromatic rings. The number of rotatable bonds is 16. The van der Waals surface area contributed by atoms with Crippen LogP contribution in [0.1, 0.15) is 56.7 Å². The first kappa shape index (κ1) is 56.2. The monoisotopic (exact) mass is 1030 g/mol. The lowest BCUT2D eigenvalue weighted by molar-refractivity contribution is -0.143. The standard InChI is InChI=1S/C51H65N9O10S2/c1-29(2)43(51(69)70)60-50(68)42-28-72-71-27-41(58-44(62)30(3)53)49(67)56-38(24-31-12-5-4-6-13-31)46(64)57-40(26-34-16-11-15-33-14-7-8-17-36(33)34)48(66)54-37(18-9-10-23-52)45(63)55-39(47(65)59-42)25-32-19-21-35(61)22-20-32/h4-8,11-17,19-22,29-30,37-43,61H,9-10,18,23-28,52-53H2,1-3H3,(H,54,66)(H,55,63)(H,56,67)(H,57,64)(H,58,62)(H,59,65)(H,60,68)(H,69,70)/t30-,37-,38-,39-,40+,41-,42-,43-/m0/s1. The lowest BCUT2D eigenvalue weighted by atomic mass is 9.97. The van der Waals surface area contributed by atoms with Crippen molar-refractivity contribution >= 4 is 79.7 Å². The third kappa shape index (κ3) is 17.0. The minimum Gasteiger partial charge on any atom is -0.508 e. The Labute approximate surface area is 426 Å². The molecule has 1 aliphatic rings. The molecule has 1 saturated heterocycles. The second-order valence-corrected chi connectivity index (χ2v) is 20.5. The third-order valence-electron chi connectivity index (χ3n) is 11.9. The predicted octanol–water partition coefficient (Wildman–Crippen LogP) is 1.58. The van der Waals surface area contributed by atoms with Gasteiger partial charge in [0.1, 0.15) is 48.0 Å². The molecule has 1 fully saturated rings. The molecule has 0 aromatic heterocycles. The Morgan fingerprint density at radius 3 is 1.82 bits per heavy atom. The minimum absolute atomic E-state index is 0.0341. The summed E-state index contributed by atoms with van der Waals surface area (Å²) in [7, 11) is 2.07. The summed E-state index contributed by atoms with van der Waals surface area (Å²) in [6.45, 7) is 4.91. The highest BCUT2D eigenvalue weighted by molar-refractivity contribution is 8.76. The number of benzene rings is 4. The Morgan fingerprint density at radius 2 is 1.19 bits per heavy atom. The van der Waals surface area contributed by atoms with Gasteiger partial charge in [-0.15, -0.1) is 0 Å². The van der Waals surface area contributed by atoms with Crippen molar-refractivity contribution in [3.8, 4) is 5.75 Å². The molecule has 72 heavy (non-hydrogen) atoms. The second kappa shape index (κ2) is 27.8. The van der Waals surface area contributed by atoms with Crippen molar-refractivity contribution in [3.05, 3.63) is 114 Å². The van der Waals surface area contributed by atoms with E-state index in [-0.39, 0.29) is 49.5 Å². The molecule has 0 unspecified atom stereocenters. The van der Waals surface area contributed by atoms with Gasteiger partial charge in [0.05, 0.1) is 6.04 Å². The molecule has 8 atom stereocenters. The van der Waals surface area contributed by atoms with Crippen molar-refractivity contribution < 1.29 is 48.6 Å². The van der Waals surface area contributed by atoms with Crippen LogP contribution in [0.25, 0.3) is 10.8 Å². The lowest BCUT2D eigenvalue weighted by Gasteiger charge is -2.29. The number of hydrogen-bond acceptors (Lipinski definition) is 13. The maximum Gasteiger partial charge on any atom is 0.326 e. The number of nitrogens with one attached hydrogen (secondary N) is 7. The predicted molar refractivity (Wildman–Crippen MR) is 277 cm³/mol. The van der Waals surface area contributed by atoms with Gasteiger partial charge in [-0.3, -0.25) is 33.6 Å². The van der Waals surface area contributed by atoms with Crippen LogP contribution in [0.3, 0.4) is 0 Å². The first-order valence-electron chi connectivity index (χ1n) is 23.8. The Kier molecular flexibility index (Phi) is 21.7. The number of aliphatic carboxylic acids is 1. The van der Waals surface area contributed by atoms with E-state index in [1.165, 1.54) is 19.1 Å². The molecule has 5 rings (SSSR count). The van der Waals surface area contributed by atoms with Gasteiger partial charge in [0.2, 0.25) is 41.4 Å². The molecule has 1 aliphatic heterocycles. The van der Waals surface area contributed by atoms with Gasteiger partial charge in [-0.1, -0.05) is 120 Å². The average Bonchev–Trinajstić information content (AvgIpc) is 3.35. The third-order valence-corrected chi connectivity index (χ3v) is 14.3. The van der Waals surface area contributed by atoms with Crippen LogP contribution in [0.4, 0.5) is 0 Å². The van der Waals surface area contributed by atoms with E-state index in [0.717, 1.165) is 32.4 Å². The first-order valence-corrected chi connectivity index (χ1v) is 26.3. The molecule has 21 heteroatoms. The average molecular weight is 1030 g/mol. The number of carbonyl (C=O) groups is 8. The molecule has 0 saturated carbocycles. The summed E-state index contributed by atoms with van der Waals surface area (Å²) in [6.07, 6.45) is 0.655. The van der Waals surface area contributed by atoms with Crippen LogP contribution in [0, 0.1) is 5.92 Å². The van der Waals surface area contributed by atoms with Gasteiger partial charge in [0.15, 0.2) is 0 Å². The number of carbonyl (C=O) groups excluding carboxylic acids is 7. The van der Waals surface area contributed by atoms with Crippen LogP contribution in [0.5, 0.6) is 5.75 Å². The van der Waals surface area contributed by atoms with Gasteiger partial charge in [0.25, 0.3) is 0 Å². The second-order valence-electron chi connectivity index (χ2n) is 18.0. The number of aromatic hydroxyl groups is 1. The van der Waals surface area contributed by atoms with Crippen LogP contribution < -0.4 is 48.7 Å². The molecule has 0 spiro atoms. The van der Waals surface area contributed by atoms with Crippen molar-refractivity contribution in [1.82, 2.24) is 37.2 Å². The Hall–Kier alpha value is -6.68. The van der Waals surface area contributed by atoms with Gasteiger partial charge in [-0.2, -0.15) is 0 Å². The summed E-state index contributed by atoms with van der Waals surface area (Å²) in [5, 5.41) is 40.8. The van der Waals surface area contributed by atoms with Crippen LogP contribution in [-0.2, 0) is 57.6 Å². The van der Waals surface area contributed by atoms with Crippen LogP contribution in [0.2, 0.25) is 0 Å². The van der Waals surface area contributed by atoms with E-state index in [2.05, 4.69) is 37.2 Å². The van der Waals surface area contributed by atoms with Crippen molar-refractivity contribution in [2.75, 3.05) is 18.1 Å². The zero-order valence-electron chi connectivity index (χ0n) is 40.4. The first-order chi connectivity index (χ1) is 34.4. The molecule has 0 bridgehead atoms. The largest absolute Gasteiger partial charge is 0.508 e. The van der Waals surface area contributed by atoms with E-state index < -0.39 is 102 Å². The highest BCUT2D eigenvalue weighted by Crippen LogP contribution is 2.25. The highest BCUT2D eigenvalue weighted by atomic mass is 33.1. The summed E-state index contributed by atoms with van der Waals surface area (Å²) < 4.78 is 0. The van der Waals surface area contributed by atoms with Gasteiger partial charge in [-0.05, 0) is 78.2 Å². The normalized spacial score (nSPS) is 21.7. The molecular formula is C51H65N9O10S2. The molecule has 19 nitrogen and oxygen atoms in total. The number of carboxylic acid groups (broad SMARTS) is 1. The summed E-state index contributed by atoms with van der Waals surface area (Å²) >= 11 is 0. The van der Waals surface area contributed by atoms with Gasteiger partial charge in [-0.25, -0.2) is 4.79 Å². The highest BCUT2D eigenvalue weighted by Gasteiger charge is 2.36.